The summed E-state index contributed by atoms with van der Waals surface area (Å²) >= 11 is 0. The van der Waals surface area contributed by atoms with Crippen molar-refractivity contribution in [3.63, 3.8) is 0 Å². The van der Waals surface area contributed by atoms with Gasteiger partial charge in [0, 0.05) is 0 Å². The van der Waals surface area contributed by atoms with Crippen molar-refractivity contribution in [3.8, 4) is 0 Å². The zero-order chi connectivity index (χ0) is 6.53. The van der Waals surface area contributed by atoms with Crippen LogP contribution in [0.15, 0.2) is 0 Å². The molecule has 9 heavy (non-hydrogen) atoms. The third kappa shape index (κ3) is 2.33. The number of hydrogen-bond acceptors (Lipinski definition) is 1. The summed E-state index contributed by atoms with van der Waals surface area (Å²) in [6.45, 7) is 0. The monoisotopic (exact) mass is 128 g/mol. The molecule has 0 aliphatic heterocycles. The van der Waals surface area contributed by atoms with Crippen LogP contribution < -0.4 is 5.48 Å². The Hall–Kier alpha value is -0.0800. The first-order valence-corrected chi connectivity index (χ1v) is 3.77. The molecule has 1 radical (unpaired) electrons. The molecule has 1 saturated carbocycles. The van der Waals surface area contributed by atoms with E-state index in [-0.39, 0.29) is 6.04 Å². The molecular formula is C7H14NO. The second kappa shape index (κ2) is 3.85. The minimum Gasteiger partial charge on any atom is -0.297 e. The van der Waals surface area contributed by atoms with Crippen LogP contribution in [0.2, 0.25) is 0 Å². The molecule has 2 nitrogen and oxygen atoms in total. The van der Waals surface area contributed by atoms with Crippen LogP contribution in [-0.4, -0.2) is 11.2 Å². The van der Waals surface area contributed by atoms with Gasteiger partial charge in [-0.15, -0.1) is 0 Å². The van der Waals surface area contributed by atoms with Gasteiger partial charge in [0.05, 0.1) is 6.04 Å². The van der Waals surface area contributed by atoms with Gasteiger partial charge in [0.2, 0.25) is 0 Å². The minimum atomic E-state index is 0.257. The van der Waals surface area contributed by atoms with Crippen LogP contribution in [-0.2, 0) is 0 Å². The summed E-state index contributed by atoms with van der Waals surface area (Å²) in [5.41, 5.74) is 3.31. The summed E-state index contributed by atoms with van der Waals surface area (Å²) in [6.07, 6.45) is 7.33. The average Bonchev–Trinajstić information content (AvgIpc) is 2.13. The molecule has 0 heterocycles. The molecule has 1 fully saturated rings. The first-order chi connectivity index (χ1) is 4.43. The topological polar surface area (TPSA) is 34.3 Å². The second-order valence-electron chi connectivity index (χ2n) is 2.76. The van der Waals surface area contributed by atoms with Crippen LogP contribution in [0.1, 0.15) is 38.5 Å². The fraction of sp³-hybridized carbons (Fsp3) is 1.00. The third-order valence-electron chi connectivity index (χ3n) is 1.99. The van der Waals surface area contributed by atoms with Gasteiger partial charge in [-0.3, -0.25) is 5.21 Å². The van der Waals surface area contributed by atoms with Gasteiger partial charge in [-0.05, 0) is 12.8 Å². The Morgan fingerprint density at radius 2 is 1.56 bits per heavy atom. The highest BCUT2D eigenvalue weighted by molar-refractivity contribution is 4.65. The van der Waals surface area contributed by atoms with Crippen LogP contribution in [0, 0.1) is 0 Å². The van der Waals surface area contributed by atoms with Crippen LogP contribution in [0.25, 0.3) is 0 Å². The summed E-state index contributed by atoms with van der Waals surface area (Å²) in [7, 11) is 0. The van der Waals surface area contributed by atoms with Gasteiger partial charge >= 0.3 is 0 Å². The Morgan fingerprint density at radius 3 is 2.00 bits per heavy atom. The van der Waals surface area contributed by atoms with Crippen molar-refractivity contribution in [1.82, 2.24) is 5.48 Å². The smallest absolute Gasteiger partial charge is 0.0535 e. The van der Waals surface area contributed by atoms with Crippen molar-refractivity contribution < 1.29 is 5.21 Å². The van der Waals surface area contributed by atoms with Crippen molar-refractivity contribution in [2.75, 3.05) is 0 Å². The minimum absolute atomic E-state index is 0.257. The molecule has 2 heteroatoms. The van der Waals surface area contributed by atoms with Crippen molar-refractivity contribution in [2.45, 2.75) is 44.6 Å². The van der Waals surface area contributed by atoms with Crippen LogP contribution in [0.5, 0.6) is 0 Å². The summed E-state index contributed by atoms with van der Waals surface area (Å²) < 4.78 is 0. The molecule has 1 aliphatic rings. The van der Waals surface area contributed by atoms with E-state index in [2.05, 4.69) is 5.48 Å². The molecule has 1 N–H and O–H groups in total. The van der Waals surface area contributed by atoms with Gasteiger partial charge in [-0.25, -0.2) is 0 Å². The van der Waals surface area contributed by atoms with Crippen molar-refractivity contribution in [1.29, 1.82) is 0 Å². The van der Waals surface area contributed by atoms with Crippen LogP contribution in [0.4, 0.5) is 0 Å². The fourth-order valence-electron chi connectivity index (χ4n) is 1.37. The first kappa shape index (κ1) is 7.03. The van der Waals surface area contributed by atoms with E-state index < -0.39 is 0 Å². The molecule has 0 aromatic rings. The Balaban J connectivity index is 2.18. The fourth-order valence-corrected chi connectivity index (χ4v) is 1.37. The van der Waals surface area contributed by atoms with E-state index in [4.69, 9.17) is 5.21 Å². The van der Waals surface area contributed by atoms with Crippen LogP contribution in [0.3, 0.4) is 0 Å². The molecule has 0 unspecified atom stereocenters. The highest BCUT2D eigenvalue weighted by Gasteiger charge is 2.10. The molecule has 53 valence electrons. The normalized spacial score (nSPS) is 23.7. The van der Waals surface area contributed by atoms with E-state index in [0.717, 1.165) is 12.8 Å². The maximum atomic E-state index is 8.44. The third-order valence-corrected chi connectivity index (χ3v) is 1.99. The van der Waals surface area contributed by atoms with Gasteiger partial charge in [0.15, 0.2) is 0 Å². The van der Waals surface area contributed by atoms with Gasteiger partial charge < -0.3 is 0 Å². The molecule has 0 aromatic heterocycles. The zero-order valence-electron chi connectivity index (χ0n) is 5.71. The predicted molar refractivity (Wildman–Crippen MR) is 35.4 cm³/mol. The number of rotatable bonds is 1. The number of hydrogen-bond donors (Lipinski definition) is 1. The molecule has 0 amide bonds. The summed E-state index contributed by atoms with van der Waals surface area (Å²) in [6, 6.07) is 0.257. The molecule has 0 aromatic carbocycles. The molecular weight excluding hydrogens is 114 g/mol. The van der Waals surface area contributed by atoms with Crippen molar-refractivity contribution in [2.24, 2.45) is 0 Å². The second-order valence-corrected chi connectivity index (χ2v) is 2.76. The first-order valence-electron chi connectivity index (χ1n) is 3.77. The lowest BCUT2D eigenvalue weighted by atomic mass is 10.1. The number of nitrogens with zero attached hydrogens (tertiary/aromatic N) is 1. The van der Waals surface area contributed by atoms with Gasteiger partial charge in [-0.2, -0.15) is 0 Å². The lowest BCUT2D eigenvalue weighted by Crippen LogP contribution is -2.17. The molecule has 1 rings (SSSR count). The zero-order valence-corrected chi connectivity index (χ0v) is 5.71. The lowest BCUT2D eigenvalue weighted by Gasteiger charge is -2.06. The standard InChI is InChI=1S/C7H14NO/c9-8-7-5-3-1-2-4-6-7/h7,9H,1-6H2. The Kier molecular flexibility index (Phi) is 3.01. The summed E-state index contributed by atoms with van der Waals surface area (Å²) in [5, 5.41) is 8.44. The van der Waals surface area contributed by atoms with Crippen LogP contribution >= 0.6 is 0 Å². The van der Waals surface area contributed by atoms with Gasteiger partial charge in [-0.1, -0.05) is 31.2 Å². The van der Waals surface area contributed by atoms with Gasteiger partial charge in [0.1, 0.15) is 0 Å². The average molecular weight is 128 g/mol. The lowest BCUT2D eigenvalue weighted by molar-refractivity contribution is 0.108. The predicted octanol–water partition coefficient (Wildman–Crippen LogP) is 1.70. The summed E-state index contributed by atoms with van der Waals surface area (Å²) in [4.78, 5) is 0. The largest absolute Gasteiger partial charge is 0.297 e. The molecule has 0 bridgehead atoms. The van der Waals surface area contributed by atoms with E-state index in [1.54, 1.807) is 0 Å². The highest BCUT2D eigenvalue weighted by atomic mass is 16.5. The van der Waals surface area contributed by atoms with E-state index in [1.165, 1.54) is 25.7 Å². The molecule has 1 aliphatic carbocycles. The van der Waals surface area contributed by atoms with Gasteiger partial charge in [0.25, 0.3) is 0 Å². The maximum absolute atomic E-state index is 8.44. The SMILES string of the molecule is O[N]C1CCCCCC1. The Labute approximate surface area is 56.2 Å². The van der Waals surface area contributed by atoms with E-state index in [0.29, 0.717) is 0 Å². The van der Waals surface area contributed by atoms with E-state index in [1.807, 2.05) is 0 Å². The van der Waals surface area contributed by atoms with E-state index >= 15 is 0 Å². The molecule has 0 spiro atoms. The van der Waals surface area contributed by atoms with Crippen molar-refractivity contribution >= 4 is 0 Å². The van der Waals surface area contributed by atoms with Crippen molar-refractivity contribution in [3.05, 3.63) is 0 Å². The number of hydroxylamine groups is 1. The Morgan fingerprint density at radius 1 is 1.00 bits per heavy atom. The van der Waals surface area contributed by atoms with E-state index in [9.17, 15) is 0 Å². The molecule has 0 saturated heterocycles. The maximum Gasteiger partial charge on any atom is 0.0535 e. The quantitative estimate of drug-likeness (QED) is 0.423. The summed E-state index contributed by atoms with van der Waals surface area (Å²) in [5.74, 6) is 0. The highest BCUT2D eigenvalue weighted by Crippen LogP contribution is 2.16. The molecule has 0 atom stereocenters. The Bertz CT molecular complexity index is 67.3.